The van der Waals surface area contributed by atoms with E-state index >= 15 is 0 Å². The lowest BCUT2D eigenvalue weighted by Gasteiger charge is -2.15. The quantitative estimate of drug-likeness (QED) is 0.671. The van der Waals surface area contributed by atoms with E-state index in [2.05, 4.69) is 15.5 Å². The van der Waals surface area contributed by atoms with Crippen LogP contribution in [0.4, 0.5) is 16.1 Å². The number of methoxy groups -OCH3 is 1. The van der Waals surface area contributed by atoms with Gasteiger partial charge < -0.3 is 14.1 Å². The van der Waals surface area contributed by atoms with Crippen LogP contribution in [0.15, 0.2) is 52.9 Å². The molecule has 3 aromatic rings. The molecule has 9 heteroatoms. The molecule has 0 bridgehead atoms. The van der Waals surface area contributed by atoms with Gasteiger partial charge in [0.05, 0.1) is 19.4 Å². The predicted molar refractivity (Wildman–Crippen MR) is 106 cm³/mol. The van der Waals surface area contributed by atoms with E-state index in [4.69, 9.17) is 9.15 Å². The van der Waals surface area contributed by atoms with Gasteiger partial charge in [0.1, 0.15) is 11.6 Å². The fraction of sp³-hybridized carbons (Fsp3) is 0.238. The average molecular weight is 410 g/mol. The van der Waals surface area contributed by atoms with Gasteiger partial charge in [-0.2, -0.15) is 0 Å². The Morgan fingerprint density at radius 2 is 1.93 bits per heavy atom. The first-order chi connectivity index (χ1) is 14.5. The third-order valence-electron chi connectivity index (χ3n) is 4.82. The van der Waals surface area contributed by atoms with Crippen LogP contribution in [0.25, 0.3) is 0 Å². The highest BCUT2D eigenvalue weighted by Crippen LogP contribution is 2.31. The van der Waals surface area contributed by atoms with Gasteiger partial charge in [0.15, 0.2) is 0 Å². The van der Waals surface area contributed by atoms with Crippen LogP contribution in [0.5, 0.6) is 5.75 Å². The number of benzene rings is 2. The van der Waals surface area contributed by atoms with Gasteiger partial charge >= 0.3 is 6.01 Å². The van der Waals surface area contributed by atoms with Gasteiger partial charge in [-0.1, -0.05) is 17.2 Å². The molecule has 154 valence electrons. The Bertz CT molecular complexity index is 1050. The summed E-state index contributed by atoms with van der Waals surface area (Å²) in [7, 11) is 1.58. The van der Waals surface area contributed by atoms with Crippen molar-refractivity contribution in [2.75, 3.05) is 23.9 Å². The van der Waals surface area contributed by atoms with E-state index < -0.39 is 0 Å². The van der Waals surface area contributed by atoms with Crippen molar-refractivity contribution in [2.24, 2.45) is 0 Å². The molecule has 1 N–H and O–H groups in total. The number of carbonyl (C=O) groups is 2. The van der Waals surface area contributed by atoms with E-state index in [-0.39, 0.29) is 48.3 Å². The molecule has 2 amide bonds. The summed E-state index contributed by atoms with van der Waals surface area (Å²) in [6.07, 6.45) is 0.334. The number of amides is 2. The minimum absolute atomic E-state index is 0.0174. The van der Waals surface area contributed by atoms with Gasteiger partial charge in [0.25, 0.3) is 0 Å². The van der Waals surface area contributed by atoms with Crippen molar-refractivity contribution in [2.45, 2.75) is 18.8 Å². The zero-order chi connectivity index (χ0) is 21.1. The fourth-order valence-electron chi connectivity index (χ4n) is 3.29. The molecule has 1 fully saturated rings. The standard InChI is InChI=1S/C21H19FN4O4/c1-29-17-8-2-13(3-9-17)10-18(27)23-21-25-24-20(30-21)14-11-19(28)26(12-14)16-6-4-15(22)5-7-16/h2-9,14H,10-12H2,1H3,(H,23,25,27)/t14-/m1/s1. The van der Waals surface area contributed by atoms with Gasteiger partial charge in [-0.3, -0.25) is 14.9 Å². The summed E-state index contributed by atoms with van der Waals surface area (Å²) in [4.78, 5) is 26.1. The summed E-state index contributed by atoms with van der Waals surface area (Å²) in [6.45, 7) is 0.339. The minimum atomic E-state index is -0.367. The Hall–Kier alpha value is -3.75. The average Bonchev–Trinajstić information content (AvgIpc) is 3.36. The molecule has 2 aromatic carbocycles. The molecule has 8 nitrogen and oxygen atoms in total. The SMILES string of the molecule is COc1ccc(CC(=O)Nc2nnc([C@@H]3CC(=O)N(c4ccc(F)cc4)C3)o2)cc1. The van der Waals surface area contributed by atoms with Crippen LogP contribution in [-0.4, -0.2) is 35.7 Å². The number of hydrogen-bond donors (Lipinski definition) is 1. The molecule has 30 heavy (non-hydrogen) atoms. The summed E-state index contributed by atoms with van der Waals surface area (Å²) >= 11 is 0. The molecule has 0 aliphatic carbocycles. The first kappa shape index (κ1) is 19.6. The molecular weight excluding hydrogens is 391 g/mol. The van der Waals surface area contributed by atoms with E-state index in [1.807, 2.05) is 0 Å². The summed E-state index contributed by atoms with van der Waals surface area (Å²) in [5, 5.41) is 10.4. The zero-order valence-electron chi connectivity index (χ0n) is 16.2. The number of halogens is 1. The number of hydrogen-bond acceptors (Lipinski definition) is 6. The molecule has 0 spiro atoms. The molecule has 0 radical (unpaired) electrons. The van der Waals surface area contributed by atoms with Crippen LogP contribution in [0.2, 0.25) is 0 Å². The van der Waals surface area contributed by atoms with Crippen molar-refractivity contribution in [1.29, 1.82) is 0 Å². The lowest BCUT2D eigenvalue weighted by atomic mass is 10.1. The highest BCUT2D eigenvalue weighted by molar-refractivity contribution is 5.96. The third-order valence-corrected chi connectivity index (χ3v) is 4.82. The number of carbonyl (C=O) groups excluding carboxylic acids is 2. The molecule has 1 aromatic heterocycles. The minimum Gasteiger partial charge on any atom is -0.497 e. The van der Waals surface area contributed by atoms with E-state index in [1.165, 1.54) is 12.1 Å². The van der Waals surface area contributed by atoms with Crippen LogP contribution < -0.4 is 15.0 Å². The van der Waals surface area contributed by atoms with Crippen molar-refractivity contribution < 1.29 is 23.1 Å². The largest absolute Gasteiger partial charge is 0.497 e. The Kier molecular flexibility index (Phi) is 5.42. The highest BCUT2D eigenvalue weighted by atomic mass is 19.1. The summed E-state index contributed by atoms with van der Waals surface area (Å²) < 4.78 is 23.8. The molecule has 1 saturated heterocycles. The van der Waals surface area contributed by atoms with Gasteiger partial charge in [-0.25, -0.2) is 4.39 Å². The van der Waals surface area contributed by atoms with Crippen LogP contribution >= 0.6 is 0 Å². The first-order valence-electron chi connectivity index (χ1n) is 9.34. The topological polar surface area (TPSA) is 97.6 Å². The second kappa shape index (κ2) is 8.32. The lowest BCUT2D eigenvalue weighted by Crippen LogP contribution is -2.24. The molecule has 0 unspecified atom stereocenters. The summed E-state index contributed by atoms with van der Waals surface area (Å²) in [6, 6.07) is 12.8. The van der Waals surface area contributed by atoms with E-state index in [1.54, 1.807) is 48.4 Å². The molecule has 0 saturated carbocycles. The Balaban J connectivity index is 1.37. The van der Waals surface area contributed by atoms with Gasteiger partial charge in [-0.05, 0) is 42.0 Å². The van der Waals surface area contributed by atoms with Gasteiger partial charge in [0, 0.05) is 18.7 Å². The Morgan fingerprint density at radius 1 is 1.20 bits per heavy atom. The van der Waals surface area contributed by atoms with Crippen LogP contribution in [0.3, 0.4) is 0 Å². The highest BCUT2D eigenvalue weighted by Gasteiger charge is 2.35. The number of nitrogens with zero attached hydrogens (tertiary/aromatic N) is 3. The Labute approximate surface area is 171 Å². The van der Waals surface area contributed by atoms with Crippen molar-refractivity contribution in [3.63, 3.8) is 0 Å². The third kappa shape index (κ3) is 4.29. The van der Waals surface area contributed by atoms with Gasteiger partial charge in [-0.15, -0.1) is 5.10 Å². The van der Waals surface area contributed by atoms with E-state index in [9.17, 15) is 14.0 Å². The van der Waals surface area contributed by atoms with Crippen molar-refractivity contribution in [3.05, 3.63) is 65.8 Å². The van der Waals surface area contributed by atoms with Crippen molar-refractivity contribution in [1.82, 2.24) is 10.2 Å². The molecule has 2 heterocycles. The second-order valence-electron chi connectivity index (χ2n) is 6.90. The molecular formula is C21H19FN4O4. The number of rotatable bonds is 6. The number of aromatic nitrogens is 2. The lowest BCUT2D eigenvalue weighted by molar-refractivity contribution is -0.117. The van der Waals surface area contributed by atoms with E-state index in [0.717, 1.165) is 5.56 Å². The van der Waals surface area contributed by atoms with Gasteiger partial charge in [0.2, 0.25) is 17.7 Å². The van der Waals surface area contributed by atoms with Crippen LogP contribution in [0.1, 0.15) is 23.8 Å². The van der Waals surface area contributed by atoms with E-state index in [0.29, 0.717) is 18.0 Å². The molecule has 1 aliphatic heterocycles. The smallest absolute Gasteiger partial charge is 0.322 e. The number of nitrogens with one attached hydrogen (secondary N) is 1. The second-order valence-corrected chi connectivity index (χ2v) is 6.90. The van der Waals surface area contributed by atoms with Crippen LogP contribution in [0, 0.1) is 5.82 Å². The zero-order valence-corrected chi connectivity index (χ0v) is 16.2. The van der Waals surface area contributed by atoms with Crippen LogP contribution in [-0.2, 0) is 16.0 Å². The monoisotopic (exact) mass is 410 g/mol. The molecule has 4 rings (SSSR count). The van der Waals surface area contributed by atoms with Crippen molar-refractivity contribution in [3.8, 4) is 5.75 Å². The number of ether oxygens (including phenoxy) is 1. The normalized spacial score (nSPS) is 16.0. The molecule has 1 aliphatic rings. The number of anilines is 2. The summed E-state index contributed by atoms with van der Waals surface area (Å²) in [5.74, 6) is -0.105. The molecule has 1 atom stereocenters. The predicted octanol–water partition coefficient (Wildman–Crippen LogP) is 2.92. The maximum absolute atomic E-state index is 13.1. The fourth-order valence-corrected chi connectivity index (χ4v) is 3.29. The van der Waals surface area contributed by atoms with Crippen molar-refractivity contribution >= 4 is 23.5 Å². The maximum Gasteiger partial charge on any atom is 0.322 e. The first-order valence-corrected chi connectivity index (χ1v) is 9.34. The summed E-state index contributed by atoms with van der Waals surface area (Å²) in [5.41, 5.74) is 1.42. The maximum atomic E-state index is 13.1. The Morgan fingerprint density at radius 3 is 2.63 bits per heavy atom.